The Labute approximate surface area is 70.5 Å². The van der Waals surface area contributed by atoms with Crippen LogP contribution in [0.15, 0.2) is 32.1 Å². The Bertz CT molecular complexity index is 523. The van der Waals surface area contributed by atoms with Crippen molar-refractivity contribution in [3.05, 3.63) is 38.7 Å². The molecule has 0 unspecified atom stereocenters. The smallest absolute Gasteiger partial charge is 0.286 e. The normalized spacial score (nSPS) is 10.5. The van der Waals surface area contributed by atoms with Gasteiger partial charge in [0.15, 0.2) is 5.58 Å². The van der Waals surface area contributed by atoms with Crippen molar-refractivity contribution in [3.63, 3.8) is 0 Å². The van der Waals surface area contributed by atoms with Crippen molar-refractivity contribution in [1.29, 1.82) is 0 Å². The second-order valence-corrected chi connectivity index (χ2v) is 2.39. The molecule has 0 bridgehead atoms. The average molecular weight is 181 g/mol. The average Bonchev–Trinajstić information content (AvgIpc) is 2.47. The van der Waals surface area contributed by atoms with Gasteiger partial charge < -0.3 is 0 Å². The van der Waals surface area contributed by atoms with Crippen LogP contribution < -0.4 is 5.63 Å². The van der Waals surface area contributed by atoms with Crippen LogP contribution in [0.5, 0.6) is 0 Å². The van der Waals surface area contributed by atoms with E-state index in [0.29, 0.717) is 0 Å². The standard InChI is InChI=1S/C7H3NO5/c9-7-5-3-4(8(10)11)1-2-6(5)12-13-7/h1-3H. The van der Waals surface area contributed by atoms with Gasteiger partial charge in [-0.2, -0.15) is 0 Å². The van der Waals surface area contributed by atoms with E-state index in [4.69, 9.17) is 0 Å². The first-order valence-corrected chi connectivity index (χ1v) is 3.36. The zero-order valence-corrected chi connectivity index (χ0v) is 6.22. The van der Waals surface area contributed by atoms with Gasteiger partial charge in [-0.3, -0.25) is 14.7 Å². The summed E-state index contributed by atoms with van der Waals surface area (Å²) >= 11 is 0. The van der Waals surface area contributed by atoms with E-state index in [0.717, 1.165) is 6.07 Å². The van der Waals surface area contributed by atoms with E-state index in [-0.39, 0.29) is 16.7 Å². The third kappa shape index (κ3) is 1.08. The number of rotatable bonds is 1. The Morgan fingerprint density at radius 2 is 2.08 bits per heavy atom. The number of hydrogen-bond donors (Lipinski definition) is 0. The number of nitrogens with zero attached hydrogens (tertiary/aromatic N) is 1. The SMILES string of the molecule is O=c1ooc2ccc([N+](=O)[O-])cc12. The summed E-state index contributed by atoms with van der Waals surface area (Å²) in [7, 11) is 0. The Morgan fingerprint density at radius 3 is 2.77 bits per heavy atom. The fourth-order valence-electron chi connectivity index (χ4n) is 0.991. The fourth-order valence-corrected chi connectivity index (χ4v) is 0.991. The maximum Gasteiger partial charge on any atom is 0.390 e. The van der Waals surface area contributed by atoms with Crippen LogP contribution in [-0.2, 0) is 0 Å². The molecule has 0 aliphatic carbocycles. The van der Waals surface area contributed by atoms with Gasteiger partial charge in [-0.25, -0.2) is 9.37 Å². The second-order valence-electron chi connectivity index (χ2n) is 2.39. The molecule has 0 saturated carbocycles. The lowest BCUT2D eigenvalue weighted by molar-refractivity contribution is -0.384. The summed E-state index contributed by atoms with van der Waals surface area (Å²) in [6.45, 7) is 0. The van der Waals surface area contributed by atoms with Crippen molar-refractivity contribution in [2.45, 2.75) is 0 Å². The first kappa shape index (κ1) is 7.53. The van der Waals surface area contributed by atoms with Crippen LogP contribution in [-0.4, -0.2) is 4.92 Å². The fraction of sp³-hybridized carbons (Fsp3) is 0. The van der Waals surface area contributed by atoms with Gasteiger partial charge in [0.05, 0.1) is 4.92 Å². The predicted octanol–water partition coefficient (Wildman–Crippen LogP) is 1.29. The van der Waals surface area contributed by atoms with Crippen LogP contribution in [0.3, 0.4) is 0 Å². The van der Waals surface area contributed by atoms with Gasteiger partial charge in [0, 0.05) is 12.1 Å². The zero-order chi connectivity index (χ0) is 9.42. The van der Waals surface area contributed by atoms with Crippen molar-refractivity contribution in [2.24, 2.45) is 0 Å². The van der Waals surface area contributed by atoms with Crippen LogP contribution in [0, 0.1) is 10.1 Å². The molecular weight excluding hydrogens is 178 g/mol. The van der Waals surface area contributed by atoms with Gasteiger partial charge in [-0.1, -0.05) is 0 Å². The van der Waals surface area contributed by atoms with Crippen LogP contribution >= 0.6 is 0 Å². The van der Waals surface area contributed by atoms with Gasteiger partial charge in [-0.05, 0) is 6.07 Å². The zero-order valence-electron chi connectivity index (χ0n) is 6.22. The topological polar surface area (TPSA) is 86.5 Å². The summed E-state index contributed by atoms with van der Waals surface area (Å²) in [6.07, 6.45) is 0. The number of hydrogen-bond acceptors (Lipinski definition) is 5. The number of fused-ring (bicyclic) bond motifs is 1. The molecule has 0 atom stereocenters. The predicted molar refractivity (Wildman–Crippen MR) is 41.4 cm³/mol. The Balaban J connectivity index is 2.80. The molecular formula is C7H3NO5. The molecule has 1 aromatic carbocycles. The van der Waals surface area contributed by atoms with E-state index in [1.54, 1.807) is 0 Å². The molecule has 0 fully saturated rings. The van der Waals surface area contributed by atoms with Crippen LogP contribution in [0.1, 0.15) is 0 Å². The molecule has 1 aromatic heterocycles. The highest BCUT2D eigenvalue weighted by atomic mass is 17.0. The molecule has 0 aliphatic rings. The summed E-state index contributed by atoms with van der Waals surface area (Å²) in [6, 6.07) is 3.67. The summed E-state index contributed by atoms with van der Waals surface area (Å²) < 4.78 is 8.67. The quantitative estimate of drug-likeness (QED) is 0.376. The van der Waals surface area contributed by atoms with Crippen LogP contribution in [0.25, 0.3) is 11.0 Å². The molecule has 1 heterocycles. The first-order valence-electron chi connectivity index (χ1n) is 3.36. The van der Waals surface area contributed by atoms with Crippen molar-refractivity contribution in [1.82, 2.24) is 0 Å². The lowest BCUT2D eigenvalue weighted by atomic mass is 10.2. The van der Waals surface area contributed by atoms with Crippen molar-refractivity contribution < 1.29 is 14.1 Å². The molecule has 0 saturated heterocycles. The maximum absolute atomic E-state index is 10.9. The van der Waals surface area contributed by atoms with Crippen molar-refractivity contribution in [2.75, 3.05) is 0 Å². The minimum Gasteiger partial charge on any atom is -0.286 e. The van der Waals surface area contributed by atoms with E-state index in [1.807, 2.05) is 0 Å². The number of benzene rings is 1. The molecule has 13 heavy (non-hydrogen) atoms. The first-order chi connectivity index (χ1) is 6.18. The molecule has 0 amide bonds. The van der Waals surface area contributed by atoms with Crippen LogP contribution in [0.4, 0.5) is 5.69 Å². The van der Waals surface area contributed by atoms with Gasteiger partial charge in [0.2, 0.25) is 0 Å². The molecule has 6 heteroatoms. The highest BCUT2D eigenvalue weighted by Crippen LogP contribution is 2.17. The highest BCUT2D eigenvalue weighted by Gasteiger charge is 2.11. The van der Waals surface area contributed by atoms with Gasteiger partial charge in [-0.15, -0.1) is 0 Å². The monoisotopic (exact) mass is 181 g/mol. The van der Waals surface area contributed by atoms with Gasteiger partial charge in [0.25, 0.3) is 5.69 Å². The molecule has 0 radical (unpaired) electrons. The van der Waals surface area contributed by atoms with Crippen LogP contribution in [0.2, 0.25) is 0 Å². The largest absolute Gasteiger partial charge is 0.390 e. The summed E-state index contributed by atoms with van der Waals surface area (Å²) in [5, 5.41) is 10.4. The number of non-ortho nitro benzene ring substituents is 1. The number of nitro benzene ring substituents is 1. The third-order valence-electron chi connectivity index (χ3n) is 1.60. The Morgan fingerprint density at radius 1 is 1.31 bits per heavy atom. The van der Waals surface area contributed by atoms with E-state index >= 15 is 0 Å². The Kier molecular flexibility index (Phi) is 1.42. The summed E-state index contributed by atoms with van der Waals surface area (Å²) in [5.41, 5.74) is -0.671. The van der Waals surface area contributed by atoms with Gasteiger partial charge in [0.1, 0.15) is 5.39 Å². The maximum atomic E-state index is 10.9. The lowest BCUT2D eigenvalue weighted by Gasteiger charge is -1.87. The van der Waals surface area contributed by atoms with Gasteiger partial charge >= 0.3 is 5.63 Å². The molecule has 0 aliphatic heterocycles. The minimum atomic E-state index is -0.710. The Hall–Kier alpha value is -2.11. The molecule has 6 nitrogen and oxygen atoms in total. The molecule has 0 spiro atoms. The summed E-state index contributed by atoms with van der Waals surface area (Å²) in [5.74, 6) is 0. The van der Waals surface area contributed by atoms with Crippen molar-refractivity contribution in [3.8, 4) is 0 Å². The van der Waals surface area contributed by atoms with E-state index in [9.17, 15) is 14.9 Å². The number of nitro groups is 1. The van der Waals surface area contributed by atoms with E-state index in [1.165, 1.54) is 12.1 Å². The van der Waals surface area contributed by atoms with Crippen molar-refractivity contribution >= 4 is 16.7 Å². The molecule has 2 aromatic rings. The van der Waals surface area contributed by atoms with E-state index < -0.39 is 10.5 Å². The summed E-state index contributed by atoms with van der Waals surface area (Å²) in [4.78, 5) is 20.6. The second kappa shape index (κ2) is 2.44. The molecule has 66 valence electrons. The minimum absolute atomic E-state index is 0.0780. The lowest BCUT2D eigenvalue weighted by Crippen LogP contribution is -1.92. The van der Waals surface area contributed by atoms with E-state index in [2.05, 4.69) is 9.15 Å². The molecule has 0 N–H and O–H groups in total. The highest BCUT2D eigenvalue weighted by molar-refractivity contribution is 5.77. The third-order valence-corrected chi connectivity index (χ3v) is 1.60. The molecule has 2 rings (SSSR count).